The Morgan fingerprint density at radius 3 is 2.81 bits per heavy atom. The maximum atomic E-state index is 12.2. The van der Waals surface area contributed by atoms with E-state index in [9.17, 15) is 9.90 Å². The molecule has 2 aromatic rings. The molecular weight excluding hydrogens is 331 g/mol. The average Bonchev–Trinajstić information content (AvgIpc) is 2.76. The van der Waals surface area contributed by atoms with E-state index in [1.807, 2.05) is 11.4 Å². The average molecular weight is 343 g/mol. The molecule has 1 atom stereocenters. The van der Waals surface area contributed by atoms with Crippen molar-refractivity contribution in [3.8, 4) is 17.0 Å². The van der Waals surface area contributed by atoms with Crippen molar-refractivity contribution in [3.05, 3.63) is 29.6 Å². The van der Waals surface area contributed by atoms with Crippen LogP contribution in [0.2, 0.25) is 0 Å². The van der Waals surface area contributed by atoms with Crippen LogP contribution in [0.15, 0.2) is 29.6 Å². The van der Waals surface area contributed by atoms with Crippen molar-refractivity contribution >= 4 is 45.6 Å². The van der Waals surface area contributed by atoms with Gasteiger partial charge >= 0.3 is 0 Å². The van der Waals surface area contributed by atoms with Gasteiger partial charge in [0.1, 0.15) is 10.1 Å². The number of nitrogens with one attached hydrogen (secondary N) is 1. The van der Waals surface area contributed by atoms with Gasteiger partial charge in [-0.3, -0.25) is 4.79 Å². The van der Waals surface area contributed by atoms with Crippen molar-refractivity contribution in [2.45, 2.75) is 17.7 Å². The number of hydrogen-bond donors (Lipinski definition) is 2. The lowest BCUT2D eigenvalue weighted by atomic mass is 10.1. The zero-order valence-electron chi connectivity index (χ0n) is 11.1. The molecule has 1 fully saturated rings. The molecule has 2 N–H and O–H groups in total. The molecule has 0 aliphatic heterocycles. The molecule has 110 valence electrons. The van der Waals surface area contributed by atoms with Gasteiger partial charge in [0.2, 0.25) is 5.91 Å². The summed E-state index contributed by atoms with van der Waals surface area (Å²) in [6.07, 6.45) is 0.430. The normalized spacial score (nSPS) is 22.8. The highest BCUT2D eigenvalue weighted by Crippen LogP contribution is 2.64. The Bertz CT molecular complexity index is 717. The molecule has 1 aromatic carbocycles. The Hall–Kier alpha value is -1.30. The summed E-state index contributed by atoms with van der Waals surface area (Å²) >= 11 is 13.3. The number of rotatable bonds is 3. The van der Waals surface area contributed by atoms with Crippen LogP contribution in [-0.4, -0.2) is 20.3 Å². The number of alkyl halides is 2. The zero-order valence-corrected chi connectivity index (χ0v) is 13.4. The lowest BCUT2D eigenvalue weighted by Gasteiger charge is -2.10. The lowest BCUT2D eigenvalue weighted by Crippen LogP contribution is -2.25. The van der Waals surface area contributed by atoms with Crippen LogP contribution in [0.3, 0.4) is 0 Å². The third-order valence-corrected chi connectivity index (χ3v) is 5.48. The fourth-order valence-corrected chi connectivity index (χ4v) is 3.43. The van der Waals surface area contributed by atoms with Gasteiger partial charge in [0.25, 0.3) is 0 Å². The Labute approximate surface area is 135 Å². The van der Waals surface area contributed by atoms with E-state index in [-0.39, 0.29) is 11.7 Å². The van der Waals surface area contributed by atoms with Crippen molar-refractivity contribution < 1.29 is 9.90 Å². The topological polar surface area (TPSA) is 62.2 Å². The minimum Gasteiger partial charge on any atom is -0.508 e. The fourth-order valence-electron chi connectivity index (χ4n) is 2.01. The Balaban J connectivity index is 1.76. The van der Waals surface area contributed by atoms with Crippen LogP contribution in [0.4, 0.5) is 5.13 Å². The van der Waals surface area contributed by atoms with Gasteiger partial charge in [0.05, 0.1) is 11.1 Å². The zero-order chi connectivity index (χ0) is 15.3. The van der Waals surface area contributed by atoms with Crippen LogP contribution in [0.1, 0.15) is 13.3 Å². The minimum atomic E-state index is -0.998. The summed E-state index contributed by atoms with van der Waals surface area (Å²) in [6.45, 7) is 1.73. The predicted molar refractivity (Wildman–Crippen MR) is 85.0 cm³/mol. The Morgan fingerprint density at radius 1 is 1.48 bits per heavy atom. The van der Waals surface area contributed by atoms with E-state index in [0.29, 0.717) is 17.2 Å². The molecule has 3 rings (SSSR count). The molecule has 0 saturated heterocycles. The molecule has 1 unspecified atom stereocenters. The van der Waals surface area contributed by atoms with Crippen LogP contribution in [0.5, 0.6) is 5.75 Å². The third kappa shape index (κ3) is 2.61. The highest BCUT2D eigenvalue weighted by molar-refractivity contribution is 7.14. The first-order valence-corrected chi connectivity index (χ1v) is 7.90. The second-order valence-electron chi connectivity index (χ2n) is 5.26. The summed E-state index contributed by atoms with van der Waals surface area (Å²) in [5.74, 6) is -0.0602. The van der Waals surface area contributed by atoms with E-state index in [4.69, 9.17) is 23.2 Å². The van der Waals surface area contributed by atoms with Gasteiger partial charge in [-0.2, -0.15) is 0 Å². The van der Waals surface area contributed by atoms with Crippen LogP contribution in [0, 0.1) is 5.41 Å². The van der Waals surface area contributed by atoms with Crippen molar-refractivity contribution in [3.63, 3.8) is 0 Å². The summed E-state index contributed by atoms with van der Waals surface area (Å²) in [7, 11) is 0. The first-order valence-electron chi connectivity index (χ1n) is 6.26. The molecule has 1 saturated carbocycles. The van der Waals surface area contributed by atoms with Gasteiger partial charge in [-0.05, 0) is 25.5 Å². The lowest BCUT2D eigenvalue weighted by molar-refractivity contribution is -0.120. The highest BCUT2D eigenvalue weighted by atomic mass is 35.5. The number of carbonyl (C=O) groups excluding carboxylic acids is 1. The van der Waals surface area contributed by atoms with E-state index in [1.54, 1.807) is 25.1 Å². The van der Waals surface area contributed by atoms with E-state index >= 15 is 0 Å². The van der Waals surface area contributed by atoms with E-state index in [1.165, 1.54) is 11.3 Å². The number of nitrogens with zero attached hydrogens (tertiary/aromatic N) is 1. The van der Waals surface area contributed by atoms with Gasteiger partial charge < -0.3 is 10.4 Å². The summed E-state index contributed by atoms with van der Waals surface area (Å²) in [6, 6.07) is 6.78. The maximum absolute atomic E-state index is 12.2. The number of aromatic nitrogens is 1. The SMILES string of the molecule is CC1(C(=O)Nc2nc(-c3cccc(O)c3)cs2)CC1(Cl)Cl. The van der Waals surface area contributed by atoms with Gasteiger partial charge in [0.15, 0.2) is 5.13 Å². The Morgan fingerprint density at radius 2 is 2.19 bits per heavy atom. The Kier molecular flexibility index (Phi) is 3.39. The van der Waals surface area contributed by atoms with Crippen LogP contribution < -0.4 is 5.32 Å². The van der Waals surface area contributed by atoms with Gasteiger partial charge in [-0.15, -0.1) is 34.5 Å². The molecule has 1 aliphatic carbocycles. The summed E-state index contributed by atoms with van der Waals surface area (Å²) in [5.41, 5.74) is 0.705. The van der Waals surface area contributed by atoms with Gasteiger partial charge in [0, 0.05) is 10.9 Å². The van der Waals surface area contributed by atoms with E-state index < -0.39 is 9.75 Å². The number of halogens is 2. The molecular formula is C14H12Cl2N2O2S. The van der Waals surface area contributed by atoms with Crippen molar-refractivity contribution in [1.29, 1.82) is 0 Å². The number of aromatic hydroxyl groups is 1. The molecule has 4 nitrogen and oxygen atoms in total. The number of carbonyl (C=O) groups is 1. The molecule has 21 heavy (non-hydrogen) atoms. The largest absolute Gasteiger partial charge is 0.508 e. The summed E-state index contributed by atoms with van der Waals surface area (Å²) < 4.78 is -0.998. The highest BCUT2D eigenvalue weighted by Gasteiger charge is 2.68. The predicted octanol–water partition coefficient (Wildman–Crippen LogP) is 4.04. The molecule has 1 heterocycles. The van der Waals surface area contributed by atoms with Crippen LogP contribution >= 0.6 is 34.5 Å². The molecule has 0 radical (unpaired) electrons. The number of amides is 1. The standard InChI is InChI=1S/C14H12Cl2N2O2S/c1-13(7-14(13,15)16)11(20)18-12-17-10(6-21-12)8-3-2-4-9(19)5-8/h2-6,19H,7H2,1H3,(H,17,18,20). The summed E-state index contributed by atoms with van der Waals surface area (Å²) in [4.78, 5) is 16.5. The van der Waals surface area contributed by atoms with Gasteiger partial charge in [-0.1, -0.05) is 12.1 Å². The number of thiazole rings is 1. The van der Waals surface area contributed by atoms with E-state index in [0.717, 1.165) is 5.56 Å². The van der Waals surface area contributed by atoms with E-state index in [2.05, 4.69) is 10.3 Å². The molecule has 1 amide bonds. The second-order valence-corrected chi connectivity index (χ2v) is 7.60. The molecule has 1 aromatic heterocycles. The first-order chi connectivity index (χ1) is 9.82. The summed E-state index contributed by atoms with van der Waals surface area (Å²) in [5, 5.41) is 14.5. The van der Waals surface area contributed by atoms with Gasteiger partial charge in [-0.25, -0.2) is 4.98 Å². The number of anilines is 1. The van der Waals surface area contributed by atoms with Crippen LogP contribution in [-0.2, 0) is 4.79 Å². The van der Waals surface area contributed by atoms with Crippen molar-refractivity contribution in [2.24, 2.45) is 5.41 Å². The fraction of sp³-hybridized carbons (Fsp3) is 0.286. The monoisotopic (exact) mass is 342 g/mol. The molecule has 1 aliphatic rings. The molecule has 7 heteroatoms. The third-order valence-electron chi connectivity index (χ3n) is 3.63. The number of phenolic OH excluding ortho intramolecular Hbond substituents is 1. The van der Waals surface area contributed by atoms with Crippen molar-refractivity contribution in [2.75, 3.05) is 5.32 Å². The second kappa shape index (κ2) is 4.87. The number of phenols is 1. The minimum absolute atomic E-state index is 0.172. The number of benzene rings is 1. The quantitative estimate of drug-likeness (QED) is 0.827. The smallest absolute Gasteiger partial charge is 0.235 e. The maximum Gasteiger partial charge on any atom is 0.235 e. The molecule has 0 bridgehead atoms. The molecule has 0 spiro atoms. The first kappa shape index (κ1) is 14.6. The number of hydrogen-bond acceptors (Lipinski definition) is 4. The van der Waals surface area contributed by atoms with Crippen LogP contribution in [0.25, 0.3) is 11.3 Å². The van der Waals surface area contributed by atoms with Crippen molar-refractivity contribution in [1.82, 2.24) is 4.98 Å².